The van der Waals surface area contributed by atoms with Gasteiger partial charge in [0.1, 0.15) is 5.25 Å². The van der Waals surface area contributed by atoms with Crippen LogP contribution in [0, 0.1) is 3.57 Å². The van der Waals surface area contributed by atoms with Crippen LogP contribution in [0.3, 0.4) is 0 Å². The standard InChI is InChI=1S/C22H29IO6S/c1-4-5-14(8-15-9-17(23)22(24)19(10-15)28-3)6-7-18-21-16(11-27-2)13-30(25,26)20(21)12-29-18/h8-10,18,20,24H,4-7,11-13H2,1-3H3/b14-8+/t18-,20+/m1/s1. The third kappa shape index (κ3) is 5.03. The molecule has 0 spiro atoms. The van der Waals surface area contributed by atoms with Gasteiger partial charge in [0.25, 0.3) is 0 Å². The lowest BCUT2D eigenvalue weighted by Gasteiger charge is -2.15. The zero-order chi connectivity index (χ0) is 21.9. The lowest BCUT2D eigenvalue weighted by molar-refractivity contribution is 0.116. The molecule has 1 N–H and O–H groups in total. The van der Waals surface area contributed by atoms with E-state index >= 15 is 0 Å². The highest BCUT2D eigenvalue weighted by atomic mass is 127. The first-order chi connectivity index (χ1) is 14.3. The molecule has 3 rings (SSSR count). The molecule has 1 fully saturated rings. The highest BCUT2D eigenvalue weighted by Crippen LogP contribution is 2.39. The molecule has 0 amide bonds. The average Bonchev–Trinajstić information content (AvgIpc) is 3.23. The lowest BCUT2D eigenvalue weighted by Crippen LogP contribution is -2.19. The first-order valence-corrected chi connectivity index (χ1v) is 12.9. The van der Waals surface area contributed by atoms with Crippen molar-refractivity contribution in [1.29, 1.82) is 0 Å². The third-order valence-corrected chi connectivity index (χ3v) is 8.45. The van der Waals surface area contributed by atoms with Crippen LogP contribution in [0.4, 0.5) is 0 Å². The van der Waals surface area contributed by atoms with Crippen molar-refractivity contribution >= 4 is 38.5 Å². The van der Waals surface area contributed by atoms with Crippen LogP contribution in [0.5, 0.6) is 11.5 Å². The van der Waals surface area contributed by atoms with E-state index in [0.717, 1.165) is 46.0 Å². The molecule has 0 aromatic heterocycles. The number of benzene rings is 1. The molecular formula is C22H29IO6S. The molecule has 2 aliphatic rings. The van der Waals surface area contributed by atoms with E-state index in [-0.39, 0.29) is 24.2 Å². The fourth-order valence-corrected chi connectivity index (χ4v) is 6.84. The highest BCUT2D eigenvalue weighted by Gasteiger charge is 2.46. The van der Waals surface area contributed by atoms with Gasteiger partial charge in [0, 0.05) is 7.11 Å². The second-order valence-corrected chi connectivity index (χ2v) is 11.1. The van der Waals surface area contributed by atoms with Crippen molar-refractivity contribution in [2.45, 2.75) is 44.0 Å². The molecule has 166 valence electrons. The molecule has 0 radical (unpaired) electrons. The molecule has 2 heterocycles. The Kier molecular flexibility index (Phi) is 7.86. The van der Waals surface area contributed by atoms with Gasteiger partial charge in [-0.25, -0.2) is 8.42 Å². The Morgan fingerprint density at radius 2 is 2.10 bits per heavy atom. The molecule has 1 aromatic carbocycles. The van der Waals surface area contributed by atoms with Gasteiger partial charge in [-0.15, -0.1) is 0 Å². The molecule has 1 saturated heterocycles. The normalized spacial score (nSPS) is 23.1. The number of rotatable bonds is 9. The molecular weight excluding hydrogens is 519 g/mol. The summed E-state index contributed by atoms with van der Waals surface area (Å²) in [4.78, 5) is 0. The molecule has 1 aromatic rings. The second kappa shape index (κ2) is 10.0. The smallest absolute Gasteiger partial charge is 0.171 e. The van der Waals surface area contributed by atoms with Crippen molar-refractivity contribution in [1.82, 2.24) is 0 Å². The Labute approximate surface area is 192 Å². The highest BCUT2D eigenvalue weighted by molar-refractivity contribution is 14.1. The summed E-state index contributed by atoms with van der Waals surface area (Å²) in [5, 5.41) is 9.56. The molecule has 30 heavy (non-hydrogen) atoms. The fraction of sp³-hybridized carbons (Fsp3) is 0.545. The number of methoxy groups -OCH3 is 2. The van der Waals surface area contributed by atoms with Gasteiger partial charge in [-0.2, -0.15) is 0 Å². The van der Waals surface area contributed by atoms with Gasteiger partial charge in [0.2, 0.25) is 0 Å². The van der Waals surface area contributed by atoms with Crippen LogP contribution >= 0.6 is 22.6 Å². The van der Waals surface area contributed by atoms with E-state index in [1.165, 1.54) is 5.57 Å². The Morgan fingerprint density at radius 1 is 1.33 bits per heavy atom. The number of phenols is 1. The van der Waals surface area contributed by atoms with Crippen LogP contribution in [0.1, 0.15) is 38.2 Å². The summed E-state index contributed by atoms with van der Waals surface area (Å²) in [5.74, 6) is 0.693. The van der Waals surface area contributed by atoms with Crippen molar-refractivity contribution in [2.75, 3.05) is 33.2 Å². The van der Waals surface area contributed by atoms with Gasteiger partial charge in [-0.1, -0.05) is 25.0 Å². The number of halogens is 1. The largest absolute Gasteiger partial charge is 0.504 e. The maximum absolute atomic E-state index is 12.5. The van der Waals surface area contributed by atoms with Crippen LogP contribution in [-0.4, -0.2) is 58.1 Å². The van der Waals surface area contributed by atoms with Crippen molar-refractivity contribution in [3.05, 3.63) is 38.0 Å². The summed E-state index contributed by atoms with van der Waals surface area (Å²) in [6.07, 6.45) is 5.47. The lowest BCUT2D eigenvalue weighted by atomic mass is 9.95. The number of allylic oxidation sites excluding steroid dienone is 1. The molecule has 8 heteroatoms. The molecule has 2 aliphatic heterocycles. The number of phenolic OH excluding ortho intramolecular Hbond substituents is 1. The number of hydrogen-bond acceptors (Lipinski definition) is 6. The first-order valence-electron chi connectivity index (χ1n) is 10.1. The fourth-order valence-electron chi connectivity index (χ4n) is 4.28. The number of hydrogen-bond donors (Lipinski definition) is 1. The number of aromatic hydroxyl groups is 1. The number of ether oxygens (including phenoxy) is 3. The maximum atomic E-state index is 12.5. The van der Waals surface area contributed by atoms with Gasteiger partial charge in [0.05, 0.1) is 35.8 Å². The van der Waals surface area contributed by atoms with E-state index in [0.29, 0.717) is 12.4 Å². The molecule has 2 atom stereocenters. The number of sulfone groups is 1. The van der Waals surface area contributed by atoms with Gasteiger partial charge in [-0.3, -0.25) is 0 Å². The van der Waals surface area contributed by atoms with Crippen LogP contribution in [0.2, 0.25) is 0 Å². The van der Waals surface area contributed by atoms with Crippen LogP contribution in [0.15, 0.2) is 28.9 Å². The van der Waals surface area contributed by atoms with E-state index in [1.54, 1.807) is 14.2 Å². The van der Waals surface area contributed by atoms with E-state index in [9.17, 15) is 13.5 Å². The predicted octanol–water partition coefficient (Wildman–Crippen LogP) is 4.11. The number of fused-ring (bicyclic) bond motifs is 1. The Bertz CT molecular complexity index is 951. The first kappa shape index (κ1) is 23.6. The van der Waals surface area contributed by atoms with Gasteiger partial charge in [-0.05, 0) is 70.7 Å². The zero-order valence-corrected chi connectivity index (χ0v) is 20.6. The Hall–Kier alpha value is -1.10. The van der Waals surface area contributed by atoms with E-state index in [4.69, 9.17) is 14.2 Å². The third-order valence-electron chi connectivity index (χ3n) is 5.62. The molecule has 0 aliphatic carbocycles. The summed E-state index contributed by atoms with van der Waals surface area (Å²) < 4.78 is 42.1. The minimum absolute atomic E-state index is 0.0874. The molecule has 6 nitrogen and oxygen atoms in total. The predicted molar refractivity (Wildman–Crippen MR) is 126 cm³/mol. The van der Waals surface area contributed by atoms with Crippen LogP contribution in [0.25, 0.3) is 6.08 Å². The molecule has 0 unspecified atom stereocenters. The van der Waals surface area contributed by atoms with Crippen LogP contribution in [-0.2, 0) is 19.3 Å². The van der Waals surface area contributed by atoms with Gasteiger partial charge >= 0.3 is 0 Å². The quantitative estimate of drug-likeness (QED) is 0.370. The second-order valence-electron chi connectivity index (χ2n) is 7.75. The summed E-state index contributed by atoms with van der Waals surface area (Å²) in [6.45, 7) is 2.73. The van der Waals surface area contributed by atoms with Crippen molar-refractivity contribution in [2.24, 2.45) is 0 Å². The summed E-state index contributed by atoms with van der Waals surface area (Å²) in [5.41, 5.74) is 4.03. The van der Waals surface area contributed by atoms with E-state index in [2.05, 4.69) is 35.6 Å². The maximum Gasteiger partial charge on any atom is 0.171 e. The van der Waals surface area contributed by atoms with Crippen molar-refractivity contribution < 1.29 is 27.7 Å². The summed E-state index contributed by atoms with van der Waals surface area (Å²) in [6, 6.07) is 3.76. The SMILES string of the molecule is CCC/C(=C\c1cc(I)c(O)c(OC)c1)CC[C@H]1OC[C@H]2C1=C(COC)CS2(=O)=O. The topological polar surface area (TPSA) is 82.1 Å². The Balaban J connectivity index is 1.79. The summed E-state index contributed by atoms with van der Waals surface area (Å²) in [7, 11) is -0.0410. The minimum atomic E-state index is -3.17. The average molecular weight is 548 g/mol. The monoisotopic (exact) mass is 548 g/mol. The Morgan fingerprint density at radius 3 is 2.77 bits per heavy atom. The zero-order valence-electron chi connectivity index (χ0n) is 17.6. The molecule has 0 bridgehead atoms. The van der Waals surface area contributed by atoms with Crippen molar-refractivity contribution in [3.8, 4) is 11.5 Å². The molecule has 0 saturated carbocycles. The van der Waals surface area contributed by atoms with Crippen molar-refractivity contribution in [3.63, 3.8) is 0 Å². The van der Waals surface area contributed by atoms with Gasteiger partial charge < -0.3 is 19.3 Å². The summed E-state index contributed by atoms with van der Waals surface area (Å²) >= 11 is 2.10. The van der Waals surface area contributed by atoms with Crippen LogP contribution < -0.4 is 4.74 Å². The minimum Gasteiger partial charge on any atom is -0.504 e. The van der Waals surface area contributed by atoms with E-state index < -0.39 is 15.1 Å². The van der Waals surface area contributed by atoms with E-state index in [1.807, 2.05) is 12.1 Å². The van der Waals surface area contributed by atoms with Gasteiger partial charge in [0.15, 0.2) is 21.3 Å².